The van der Waals surface area contributed by atoms with E-state index in [0.717, 1.165) is 28.6 Å². The minimum absolute atomic E-state index is 0.578. The number of carbonyl (C=O) groups excluding carboxylic acids is 1. The molecule has 94 valence electrons. The molecule has 0 saturated heterocycles. The first-order valence-corrected chi connectivity index (χ1v) is 6.07. The maximum Gasteiger partial charge on any atom is 0.168 e. The monoisotopic (exact) mass is 244 g/mol. The number of rotatable bonds is 5. The lowest BCUT2D eigenvalue weighted by atomic mass is 10.1. The van der Waals surface area contributed by atoms with Gasteiger partial charge < -0.3 is 9.47 Å². The number of hydrogen-bond donors (Lipinski definition) is 0. The molecule has 2 rings (SSSR count). The van der Waals surface area contributed by atoms with E-state index in [1.165, 1.54) is 0 Å². The molecule has 3 heteroatoms. The van der Waals surface area contributed by atoms with Crippen LogP contribution in [0.3, 0.4) is 0 Å². The highest BCUT2D eigenvalue weighted by atomic mass is 16.5. The second-order valence-corrected chi connectivity index (χ2v) is 3.86. The second-order valence-electron chi connectivity index (χ2n) is 3.86. The first kappa shape index (κ1) is 12.4. The lowest BCUT2D eigenvalue weighted by molar-refractivity contribution is 0.112. The highest BCUT2D eigenvalue weighted by Crippen LogP contribution is 2.36. The fourth-order valence-electron chi connectivity index (χ4n) is 1.94. The summed E-state index contributed by atoms with van der Waals surface area (Å²) in [6, 6.07) is 9.35. The molecule has 18 heavy (non-hydrogen) atoms. The van der Waals surface area contributed by atoms with Gasteiger partial charge in [-0.15, -0.1) is 0 Å². The molecule has 0 atom stereocenters. The van der Waals surface area contributed by atoms with Crippen LogP contribution in [0.2, 0.25) is 0 Å². The van der Waals surface area contributed by atoms with Gasteiger partial charge in [-0.3, -0.25) is 4.79 Å². The van der Waals surface area contributed by atoms with E-state index in [1.54, 1.807) is 6.07 Å². The van der Waals surface area contributed by atoms with Crippen LogP contribution in [0.4, 0.5) is 0 Å². The van der Waals surface area contributed by atoms with Crippen LogP contribution in [-0.4, -0.2) is 19.5 Å². The molecular formula is C15H16O3. The third kappa shape index (κ3) is 2.30. The van der Waals surface area contributed by atoms with Crippen molar-refractivity contribution >= 4 is 17.1 Å². The van der Waals surface area contributed by atoms with Gasteiger partial charge >= 0.3 is 0 Å². The van der Waals surface area contributed by atoms with Crippen molar-refractivity contribution in [3.8, 4) is 11.5 Å². The Hall–Kier alpha value is -2.03. The van der Waals surface area contributed by atoms with Gasteiger partial charge in [0.25, 0.3) is 0 Å². The van der Waals surface area contributed by atoms with Crippen molar-refractivity contribution < 1.29 is 14.3 Å². The standard InChI is InChI=1S/C15H16O3/c1-3-17-14-8-6-12-9-11(10-16)5-7-13(12)15(14)18-4-2/h5-10H,3-4H2,1-2H3. The Labute approximate surface area is 106 Å². The Morgan fingerprint density at radius 3 is 2.50 bits per heavy atom. The predicted octanol–water partition coefficient (Wildman–Crippen LogP) is 3.45. The average Bonchev–Trinajstić information content (AvgIpc) is 2.41. The van der Waals surface area contributed by atoms with Crippen LogP contribution in [0.15, 0.2) is 30.3 Å². The second kappa shape index (κ2) is 5.54. The van der Waals surface area contributed by atoms with E-state index < -0.39 is 0 Å². The zero-order valence-electron chi connectivity index (χ0n) is 10.6. The molecule has 0 aliphatic heterocycles. The average molecular weight is 244 g/mol. The summed E-state index contributed by atoms with van der Waals surface area (Å²) in [5.74, 6) is 1.49. The molecule has 0 unspecified atom stereocenters. The molecule has 3 nitrogen and oxygen atoms in total. The van der Waals surface area contributed by atoms with Crippen LogP contribution in [0.25, 0.3) is 10.8 Å². The molecule has 0 radical (unpaired) electrons. The molecule has 0 amide bonds. The fraction of sp³-hybridized carbons (Fsp3) is 0.267. The summed E-state index contributed by atoms with van der Waals surface area (Å²) in [5, 5.41) is 1.94. The Kier molecular flexibility index (Phi) is 3.82. The van der Waals surface area contributed by atoms with Crippen molar-refractivity contribution in [1.29, 1.82) is 0 Å². The lowest BCUT2D eigenvalue weighted by Gasteiger charge is -2.13. The molecule has 0 spiro atoms. The van der Waals surface area contributed by atoms with Crippen LogP contribution in [0.1, 0.15) is 24.2 Å². The van der Waals surface area contributed by atoms with Gasteiger partial charge in [-0.05, 0) is 37.4 Å². The topological polar surface area (TPSA) is 35.5 Å². The van der Waals surface area contributed by atoms with Crippen LogP contribution in [0.5, 0.6) is 11.5 Å². The first-order valence-electron chi connectivity index (χ1n) is 6.07. The lowest BCUT2D eigenvalue weighted by Crippen LogP contribution is -1.99. The zero-order chi connectivity index (χ0) is 13.0. The summed E-state index contributed by atoms with van der Waals surface area (Å²) in [6.45, 7) is 5.05. The third-order valence-electron chi connectivity index (χ3n) is 2.68. The summed E-state index contributed by atoms with van der Waals surface area (Å²) in [6.07, 6.45) is 0.843. The molecule has 0 saturated carbocycles. The van der Waals surface area contributed by atoms with Crippen molar-refractivity contribution in [3.63, 3.8) is 0 Å². The van der Waals surface area contributed by atoms with Crippen LogP contribution < -0.4 is 9.47 Å². The Bertz CT molecular complexity index is 561. The predicted molar refractivity (Wildman–Crippen MR) is 71.7 cm³/mol. The minimum atomic E-state index is 0.578. The summed E-state index contributed by atoms with van der Waals surface area (Å²) in [4.78, 5) is 10.8. The SMILES string of the molecule is CCOc1ccc2cc(C=O)ccc2c1OCC. The molecule has 0 N–H and O–H groups in total. The zero-order valence-corrected chi connectivity index (χ0v) is 10.6. The Morgan fingerprint density at radius 1 is 1.06 bits per heavy atom. The molecule has 0 aromatic heterocycles. The van der Waals surface area contributed by atoms with Gasteiger partial charge in [-0.1, -0.05) is 12.1 Å². The highest BCUT2D eigenvalue weighted by molar-refractivity contribution is 5.94. The molecule has 0 aliphatic rings. The van der Waals surface area contributed by atoms with E-state index in [-0.39, 0.29) is 0 Å². The van der Waals surface area contributed by atoms with Gasteiger partial charge in [0.2, 0.25) is 0 Å². The normalized spacial score (nSPS) is 10.3. The molecule has 0 aliphatic carbocycles. The number of fused-ring (bicyclic) bond motifs is 1. The number of benzene rings is 2. The maximum absolute atomic E-state index is 10.8. The van der Waals surface area contributed by atoms with Crippen LogP contribution >= 0.6 is 0 Å². The Morgan fingerprint density at radius 2 is 1.83 bits per heavy atom. The summed E-state index contributed by atoms with van der Waals surface area (Å²) < 4.78 is 11.2. The molecule has 0 heterocycles. The van der Waals surface area contributed by atoms with E-state index in [0.29, 0.717) is 18.8 Å². The number of ether oxygens (including phenoxy) is 2. The van der Waals surface area contributed by atoms with Gasteiger partial charge in [0.1, 0.15) is 6.29 Å². The molecule has 2 aromatic carbocycles. The third-order valence-corrected chi connectivity index (χ3v) is 2.68. The van der Waals surface area contributed by atoms with Gasteiger partial charge in [0.15, 0.2) is 11.5 Å². The van der Waals surface area contributed by atoms with E-state index in [4.69, 9.17) is 9.47 Å². The van der Waals surface area contributed by atoms with E-state index >= 15 is 0 Å². The molecule has 0 fully saturated rings. The van der Waals surface area contributed by atoms with Crippen molar-refractivity contribution in [2.75, 3.05) is 13.2 Å². The smallest absolute Gasteiger partial charge is 0.168 e. The van der Waals surface area contributed by atoms with Crippen molar-refractivity contribution in [3.05, 3.63) is 35.9 Å². The van der Waals surface area contributed by atoms with Gasteiger partial charge in [-0.25, -0.2) is 0 Å². The largest absolute Gasteiger partial charge is 0.490 e. The first-order chi connectivity index (χ1) is 8.80. The van der Waals surface area contributed by atoms with Crippen molar-refractivity contribution in [2.45, 2.75) is 13.8 Å². The van der Waals surface area contributed by atoms with E-state index in [1.807, 2.05) is 38.1 Å². The number of aldehydes is 1. The van der Waals surface area contributed by atoms with Gasteiger partial charge in [0, 0.05) is 10.9 Å². The summed E-state index contributed by atoms with van der Waals surface area (Å²) in [5.41, 5.74) is 0.661. The van der Waals surface area contributed by atoms with Gasteiger partial charge in [0.05, 0.1) is 13.2 Å². The molecular weight excluding hydrogens is 228 g/mol. The maximum atomic E-state index is 10.8. The molecule has 2 aromatic rings. The fourth-order valence-corrected chi connectivity index (χ4v) is 1.94. The van der Waals surface area contributed by atoms with Crippen molar-refractivity contribution in [2.24, 2.45) is 0 Å². The number of hydrogen-bond acceptors (Lipinski definition) is 3. The van der Waals surface area contributed by atoms with E-state index in [2.05, 4.69) is 0 Å². The van der Waals surface area contributed by atoms with E-state index in [9.17, 15) is 4.79 Å². The Balaban J connectivity index is 2.61. The summed E-state index contributed by atoms with van der Waals surface area (Å²) in [7, 11) is 0. The van der Waals surface area contributed by atoms with Crippen molar-refractivity contribution in [1.82, 2.24) is 0 Å². The highest BCUT2D eigenvalue weighted by Gasteiger charge is 2.10. The number of carbonyl (C=O) groups is 1. The van der Waals surface area contributed by atoms with Crippen LogP contribution in [-0.2, 0) is 0 Å². The molecule has 0 bridgehead atoms. The minimum Gasteiger partial charge on any atom is -0.490 e. The summed E-state index contributed by atoms with van der Waals surface area (Å²) >= 11 is 0. The quantitative estimate of drug-likeness (QED) is 0.756. The van der Waals surface area contributed by atoms with Crippen LogP contribution in [0, 0.1) is 0 Å². The van der Waals surface area contributed by atoms with Gasteiger partial charge in [-0.2, -0.15) is 0 Å².